The van der Waals surface area contributed by atoms with Gasteiger partial charge in [-0.25, -0.2) is 4.98 Å². The van der Waals surface area contributed by atoms with E-state index in [9.17, 15) is 0 Å². The molecule has 2 aromatic heterocycles. The summed E-state index contributed by atoms with van der Waals surface area (Å²) in [5.41, 5.74) is 0.937. The molecule has 0 saturated heterocycles. The van der Waals surface area contributed by atoms with Crippen LogP contribution in [0.5, 0.6) is 0 Å². The Morgan fingerprint density at radius 2 is 2.19 bits per heavy atom. The molecule has 0 bridgehead atoms. The van der Waals surface area contributed by atoms with Crippen LogP contribution in [-0.2, 0) is 13.0 Å². The molecule has 0 amide bonds. The predicted octanol–water partition coefficient (Wildman–Crippen LogP) is 3.54. The Hall–Kier alpha value is -2.07. The van der Waals surface area contributed by atoms with Crippen molar-refractivity contribution in [2.45, 2.75) is 32.4 Å². The van der Waals surface area contributed by atoms with Crippen LogP contribution < -0.4 is 5.32 Å². The van der Waals surface area contributed by atoms with Gasteiger partial charge in [0.2, 0.25) is 0 Å². The highest BCUT2D eigenvalue weighted by atomic mass is 16.3. The fourth-order valence-corrected chi connectivity index (χ4v) is 2.65. The number of hydrogen-bond acceptors (Lipinski definition) is 3. The third kappa shape index (κ3) is 2.85. The molecule has 4 heteroatoms. The van der Waals surface area contributed by atoms with Crippen molar-refractivity contribution in [2.24, 2.45) is 0 Å². The summed E-state index contributed by atoms with van der Waals surface area (Å²) in [6.45, 7) is 3.00. The molecule has 2 heterocycles. The fourth-order valence-electron chi connectivity index (χ4n) is 2.65. The zero-order valence-corrected chi connectivity index (χ0v) is 12.5. The molecule has 110 valence electrons. The molecule has 4 nitrogen and oxygen atoms in total. The van der Waals surface area contributed by atoms with E-state index in [-0.39, 0.29) is 6.04 Å². The summed E-state index contributed by atoms with van der Waals surface area (Å²) < 4.78 is 8.18. The van der Waals surface area contributed by atoms with Crippen LogP contribution in [0.4, 0.5) is 0 Å². The van der Waals surface area contributed by atoms with Crippen LogP contribution in [-0.4, -0.2) is 16.6 Å². The zero-order valence-electron chi connectivity index (χ0n) is 12.5. The van der Waals surface area contributed by atoms with Crippen molar-refractivity contribution in [3.8, 4) is 0 Å². The van der Waals surface area contributed by atoms with Crippen molar-refractivity contribution in [3.63, 3.8) is 0 Å². The van der Waals surface area contributed by atoms with Gasteiger partial charge >= 0.3 is 0 Å². The normalized spacial score (nSPS) is 12.9. The lowest BCUT2D eigenvalue weighted by atomic mass is 10.2. The predicted molar refractivity (Wildman–Crippen MR) is 84.2 cm³/mol. The maximum atomic E-state index is 5.97. The van der Waals surface area contributed by atoms with E-state index in [2.05, 4.69) is 33.9 Å². The van der Waals surface area contributed by atoms with Gasteiger partial charge in [-0.2, -0.15) is 0 Å². The van der Waals surface area contributed by atoms with Crippen LogP contribution in [0.1, 0.15) is 31.0 Å². The number of benzene rings is 1. The first kappa shape index (κ1) is 13.9. The smallest absolute Gasteiger partial charge is 0.134 e. The largest absolute Gasteiger partial charge is 0.459 e. The Balaban J connectivity index is 1.85. The third-order valence-corrected chi connectivity index (χ3v) is 3.79. The maximum Gasteiger partial charge on any atom is 0.134 e. The number of hydrogen-bond donors (Lipinski definition) is 1. The molecule has 0 saturated carbocycles. The fraction of sp³-hybridized carbons (Fsp3) is 0.353. The minimum atomic E-state index is 0.141. The van der Waals surface area contributed by atoms with Gasteiger partial charge in [0.1, 0.15) is 17.2 Å². The lowest BCUT2D eigenvalue weighted by Gasteiger charge is -2.16. The lowest BCUT2D eigenvalue weighted by Crippen LogP contribution is -2.22. The second-order valence-corrected chi connectivity index (χ2v) is 5.27. The van der Waals surface area contributed by atoms with Gasteiger partial charge in [-0.3, -0.25) is 0 Å². The first-order chi connectivity index (χ1) is 10.3. The first-order valence-corrected chi connectivity index (χ1v) is 7.47. The van der Waals surface area contributed by atoms with Crippen molar-refractivity contribution in [1.29, 1.82) is 0 Å². The molecule has 1 atom stereocenters. The molecule has 1 aromatic carbocycles. The molecule has 3 rings (SSSR count). The van der Waals surface area contributed by atoms with Crippen LogP contribution in [0.3, 0.4) is 0 Å². The van der Waals surface area contributed by atoms with Gasteiger partial charge < -0.3 is 14.3 Å². The Morgan fingerprint density at radius 1 is 1.33 bits per heavy atom. The Labute approximate surface area is 124 Å². The summed E-state index contributed by atoms with van der Waals surface area (Å²) >= 11 is 0. The molecule has 0 aliphatic carbocycles. The number of para-hydroxylation sites is 1. The van der Waals surface area contributed by atoms with Crippen LogP contribution >= 0.6 is 0 Å². The zero-order chi connectivity index (χ0) is 14.7. The molecule has 0 fully saturated rings. The number of rotatable bonds is 6. The second kappa shape index (κ2) is 6.14. The number of furan rings is 1. The van der Waals surface area contributed by atoms with Gasteiger partial charge in [-0.15, -0.1) is 0 Å². The van der Waals surface area contributed by atoms with E-state index in [1.54, 1.807) is 0 Å². The molecule has 1 unspecified atom stereocenters. The molecule has 0 spiro atoms. The Bertz CT molecular complexity index is 680. The second-order valence-electron chi connectivity index (χ2n) is 5.27. The van der Waals surface area contributed by atoms with E-state index >= 15 is 0 Å². The van der Waals surface area contributed by atoms with Gasteiger partial charge in [0.15, 0.2) is 0 Å². The number of nitrogens with one attached hydrogen (secondary N) is 1. The van der Waals surface area contributed by atoms with Gasteiger partial charge in [-0.05, 0) is 25.6 Å². The number of aryl methyl sites for hydroxylation is 1. The number of imidazole rings is 1. The average molecular weight is 283 g/mol. The summed E-state index contributed by atoms with van der Waals surface area (Å²) in [5, 5.41) is 4.49. The minimum Gasteiger partial charge on any atom is -0.459 e. The third-order valence-electron chi connectivity index (χ3n) is 3.79. The molecule has 1 N–H and O–H groups in total. The molecular formula is C17H21N3O. The average Bonchev–Trinajstić information content (AvgIpc) is 3.11. The van der Waals surface area contributed by atoms with E-state index in [0.29, 0.717) is 0 Å². The van der Waals surface area contributed by atoms with Crippen molar-refractivity contribution in [1.82, 2.24) is 14.9 Å². The molecular weight excluding hydrogens is 262 g/mol. The maximum absolute atomic E-state index is 5.97. The molecule has 0 radical (unpaired) electrons. The Kier molecular flexibility index (Phi) is 4.06. The van der Waals surface area contributed by atoms with E-state index in [0.717, 1.165) is 41.9 Å². The van der Waals surface area contributed by atoms with Gasteiger partial charge in [0.05, 0.1) is 6.04 Å². The van der Waals surface area contributed by atoms with Crippen LogP contribution in [0.2, 0.25) is 0 Å². The summed E-state index contributed by atoms with van der Waals surface area (Å²) in [7, 11) is 1.97. The summed E-state index contributed by atoms with van der Waals surface area (Å²) in [4.78, 5) is 4.43. The monoisotopic (exact) mass is 283 g/mol. The highest BCUT2D eigenvalue weighted by Gasteiger charge is 2.16. The van der Waals surface area contributed by atoms with Gasteiger partial charge in [-0.1, -0.05) is 25.1 Å². The van der Waals surface area contributed by atoms with Crippen LogP contribution in [0.25, 0.3) is 11.0 Å². The summed E-state index contributed by atoms with van der Waals surface area (Å²) in [5.74, 6) is 2.10. The number of nitrogens with zero attached hydrogens (tertiary/aromatic N) is 2. The summed E-state index contributed by atoms with van der Waals surface area (Å²) in [6.07, 6.45) is 6.02. The van der Waals surface area contributed by atoms with Crippen LogP contribution in [0.15, 0.2) is 47.1 Å². The van der Waals surface area contributed by atoms with Crippen LogP contribution in [0, 0.1) is 0 Å². The van der Waals surface area contributed by atoms with Crippen molar-refractivity contribution in [2.75, 3.05) is 7.05 Å². The van der Waals surface area contributed by atoms with Crippen molar-refractivity contribution >= 4 is 11.0 Å². The number of fused-ring (bicyclic) bond motifs is 1. The Morgan fingerprint density at radius 3 is 2.95 bits per heavy atom. The lowest BCUT2D eigenvalue weighted by molar-refractivity contribution is 0.405. The van der Waals surface area contributed by atoms with Gasteiger partial charge in [0, 0.05) is 30.7 Å². The van der Waals surface area contributed by atoms with Gasteiger partial charge in [0.25, 0.3) is 0 Å². The van der Waals surface area contributed by atoms with E-state index in [4.69, 9.17) is 4.42 Å². The standard InChI is InChI=1S/C17H21N3O/c1-3-6-17-19-9-10-20(17)12-14(18-2)16-11-13-7-4-5-8-15(13)21-16/h4-5,7-11,14,18H,3,6,12H2,1-2H3. The number of likely N-dealkylation sites (N-methyl/N-ethyl adjacent to an activating group) is 1. The van der Waals surface area contributed by atoms with Crippen molar-refractivity contribution < 1.29 is 4.42 Å². The SMILES string of the molecule is CCCc1nccn1CC(NC)c1cc2ccccc2o1. The van der Waals surface area contributed by atoms with E-state index < -0.39 is 0 Å². The van der Waals surface area contributed by atoms with E-state index in [1.807, 2.05) is 37.6 Å². The number of aromatic nitrogens is 2. The molecule has 0 aliphatic heterocycles. The summed E-state index contributed by atoms with van der Waals surface area (Å²) in [6, 6.07) is 10.4. The quantitative estimate of drug-likeness (QED) is 0.752. The topological polar surface area (TPSA) is 43.0 Å². The van der Waals surface area contributed by atoms with Crippen molar-refractivity contribution in [3.05, 3.63) is 54.3 Å². The molecule has 21 heavy (non-hydrogen) atoms. The van der Waals surface area contributed by atoms with E-state index in [1.165, 1.54) is 0 Å². The minimum absolute atomic E-state index is 0.141. The molecule has 3 aromatic rings. The first-order valence-electron chi connectivity index (χ1n) is 7.47. The molecule has 0 aliphatic rings. The highest BCUT2D eigenvalue weighted by molar-refractivity contribution is 5.77. The highest BCUT2D eigenvalue weighted by Crippen LogP contribution is 2.25.